The van der Waals surface area contributed by atoms with Crippen LogP contribution in [0.4, 0.5) is 0 Å². The Morgan fingerprint density at radius 2 is 1.80 bits per heavy atom. The number of hydrogen-bond acceptors (Lipinski definition) is 4. The zero-order chi connectivity index (χ0) is 21.0. The summed E-state index contributed by atoms with van der Waals surface area (Å²) in [5, 5.41) is 14.2. The number of amides is 1. The van der Waals surface area contributed by atoms with Gasteiger partial charge in [-0.2, -0.15) is 0 Å². The lowest BCUT2D eigenvalue weighted by atomic mass is 9.79. The second-order valence-electron chi connectivity index (χ2n) is 7.50. The summed E-state index contributed by atoms with van der Waals surface area (Å²) >= 11 is 0. The van der Waals surface area contributed by atoms with Crippen LogP contribution in [0.2, 0.25) is 0 Å². The van der Waals surface area contributed by atoms with Crippen molar-refractivity contribution in [1.29, 1.82) is 0 Å². The molecule has 30 heavy (non-hydrogen) atoms. The van der Waals surface area contributed by atoms with Gasteiger partial charge in [-0.15, -0.1) is 0 Å². The molecule has 1 unspecified atom stereocenters. The molecule has 5 nitrogen and oxygen atoms in total. The third kappa shape index (κ3) is 4.16. The minimum Gasteiger partial charge on any atom is -0.497 e. The second-order valence-corrected chi connectivity index (χ2v) is 7.50. The quantitative estimate of drug-likeness (QED) is 0.638. The van der Waals surface area contributed by atoms with E-state index in [1.165, 1.54) is 0 Å². The van der Waals surface area contributed by atoms with Crippen molar-refractivity contribution in [3.63, 3.8) is 0 Å². The lowest BCUT2D eigenvalue weighted by Gasteiger charge is -2.35. The molecule has 0 bridgehead atoms. The van der Waals surface area contributed by atoms with Crippen LogP contribution in [-0.2, 0) is 12.0 Å². The largest absolute Gasteiger partial charge is 0.497 e. The number of benzene rings is 3. The van der Waals surface area contributed by atoms with Gasteiger partial charge in [-0.25, -0.2) is 0 Å². The molecule has 0 aromatic heterocycles. The van der Waals surface area contributed by atoms with Crippen molar-refractivity contribution in [2.45, 2.75) is 24.9 Å². The van der Waals surface area contributed by atoms with E-state index in [9.17, 15) is 9.90 Å². The Morgan fingerprint density at radius 1 is 1.03 bits per heavy atom. The molecule has 0 saturated carbocycles. The fraction of sp³-hybridized carbons (Fsp3) is 0.240. The summed E-state index contributed by atoms with van der Waals surface area (Å²) in [7, 11) is 1.63. The molecular formula is C25H25NO4. The highest BCUT2D eigenvalue weighted by Gasteiger charge is 2.35. The van der Waals surface area contributed by atoms with E-state index in [0.29, 0.717) is 23.5 Å². The predicted octanol–water partition coefficient (Wildman–Crippen LogP) is 4.44. The average Bonchev–Trinajstić information content (AvgIpc) is 2.78. The van der Waals surface area contributed by atoms with Crippen LogP contribution in [0.15, 0.2) is 72.8 Å². The first-order chi connectivity index (χ1) is 14.6. The Labute approximate surface area is 176 Å². The number of rotatable bonds is 6. The minimum absolute atomic E-state index is 0.130. The topological polar surface area (TPSA) is 67.8 Å². The number of carbonyl (C=O) groups is 1. The van der Waals surface area contributed by atoms with Gasteiger partial charge in [0, 0.05) is 0 Å². The third-order valence-corrected chi connectivity index (χ3v) is 5.49. The Hall–Kier alpha value is -3.31. The Bertz CT molecular complexity index is 1030. The average molecular weight is 403 g/mol. The van der Waals surface area contributed by atoms with Crippen molar-refractivity contribution < 1.29 is 19.4 Å². The first-order valence-electron chi connectivity index (χ1n) is 10.1. The minimum atomic E-state index is -1.11. The number of para-hydroxylation sites is 2. The standard InChI is InChI=1S/C25H25NO4/c1-29-20-13-14-22-18(16-20)8-7-15-25(22,28)17-26-24(27)21-11-5-6-12-23(21)30-19-9-3-2-4-10-19/h2-6,9-14,16,28H,7-8,15,17H2,1H3,(H,26,27). The summed E-state index contributed by atoms with van der Waals surface area (Å²) in [6.45, 7) is 0.130. The van der Waals surface area contributed by atoms with Crippen molar-refractivity contribution in [2.24, 2.45) is 0 Å². The molecule has 2 N–H and O–H groups in total. The smallest absolute Gasteiger partial charge is 0.255 e. The van der Waals surface area contributed by atoms with Crippen LogP contribution >= 0.6 is 0 Å². The third-order valence-electron chi connectivity index (χ3n) is 5.49. The summed E-state index contributed by atoms with van der Waals surface area (Å²) in [6, 6.07) is 22.1. The maximum atomic E-state index is 12.9. The van der Waals surface area contributed by atoms with E-state index in [1.807, 2.05) is 54.6 Å². The number of ether oxygens (including phenoxy) is 2. The highest BCUT2D eigenvalue weighted by atomic mass is 16.5. The summed E-state index contributed by atoms with van der Waals surface area (Å²) < 4.78 is 11.2. The molecule has 0 heterocycles. The molecule has 154 valence electrons. The van der Waals surface area contributed by atoms with Crippen LogP contribution in [0.25, 0.3) is 0 Å². The maximum absolute atomic E-state index is 12.9. The van der Waals surface area contributed by atoms with Crippen LogP contribution in [0.1, 0.15) is 34.3 Å². The molecule has 4 rings (SSSR count). The van der Waals surface area contributed by atoms with Gasteiger partial charge in [-0.1, -0.05) is 36.4 Å². The first-order valence-corrected chi connectivity index (χ1v) is 10.1. The lowest BCUT2D eigenvalue weighted by Crippen LogP contribution is -2.43. The van der Waals surface area contributed by atoms with Crippen molar-refractivity contribution in [1.82, 2.24) is 5.32 Å². The molecule has 3 aromatic rings. The number of hydrogen-bond donors (Lipinski definition) is 2. The van der Waals surface area contributed by atoms with Crippen molar-refractivity contribution in [2.75, 3.05) is 13.7 Å². The molecule has 0 radical (unpaired) electrons. The van der Waals surface area contributed by atoms with Gasteiger partial charge in [0.25, 0.3) is 5.91 Å². The Kier molecular flexibility index (Phi) is 5.72. The normalized spacial score (nSPS) is 17.7. The molecule has 1 amide bonds. The molecule has 0 aliphatic heterocycles. The zero-order valence-electron chi connectivity index (χ0n) is 16.9. The fourth-order valence-corrected chi connectivity index (χ4v) is 3.93. The molecule has 1 atom stereocenters. The number of carbonyl (C=O) groups excluding carboxylic acids is 1. The molecule has 1 aliphatic rings. The highest BCUT2D eigenvalue weighted by molar-refractivity contribution is 5.97. The van der Waals surface area contributed by atoms with Crippen LogP contribution in [0.3, 0.4) is 0 Å². The summed E-state index contributed by atoms with van der Waals surface area (Å²) in [6.07, 6.45) is 2.32. The van der Waals surface area contributed by atoms with Gasteiger partial charge in [0.15, 0.2) is 0 Å². The highest BCUT2D eigenvalue weighted by Crippen LogP contribution is 2.37. The monoisotopic (exact) mass is 403 g/mol. The number of fused-ring (bicyclic) bond motifs is 1. The zero-order valence-corrected chi connectivity index (χ0v) is 16.9. The number of aryl methyl sites for hydroxylation is 1. The van der Waals surface area contributed by atoms with E-state index < -0.39 is 5.60 Å². The molecular weight excluding hydrogens is 378 g/mol. The van der Waals surface area contributed by atoms with Gasteiger partial charge in [0.1, 0.15) is 22.8 Å². The van der Waals surface area contributed by atoms with Crippen LogP contribution in [-0.4, -0.2) is 24.7 Å². The molecule has 0 saturated heterocycles. The van der Waals surface area contributed by atoms with Gasteiger partial charge in [0.05, 0.1) is 19.2 Å². The van der Waals surface area contributed by atoms with Gasteiger partial charge < -0.3 is 19.9 Å². The van der Waals surface area contributed by atoms with E-state index in [-0.39, 0.29) is 12.5 Å². The lowest BCUT2D eigenvalue weighted by molar-refractivity contribution is 0.0188. The van der Waals surface area contributed by atoms with Crippen molar-refractivity contribution >= 4 is 5.91 Å². The van der Waals surface area contributed by atoms with E-state index in [2.05, 4.69) is 5.32 Å². The number of methoxy groups -OCH3 is 1. The first kappa shape index (κ1) is 20.0. The predicted molar refractivity (Wildman–Crippen MR) is 115 cm³/mol. The maximum Gasteiger partial charge on any atom is 0.255 e. The van der Waals surface area contributed by atoms with Gasteiger partial charge in [-0.05, 0) is 66.8 Å². The Morgan fingerprint density at radius 3 is 2.60 bits per heavy atom. The van der Waals surface area contributed by atoms with Crippen molar-refractivity contribution in [3.05, 3.63) is 89.5 Å². The molecule has 3 aromatic carbocycles. The number of nitrogens with one attached hydrogen (secondary N) is 1. The molecule has 0 fully saturated rings. The summed E-state index contributed by atoms with van der Waals surface area (Å²) in [5.74, 6) is 1.62. The summed E-state index contributed by atoms with van der Waals surface area (Å²) in [5.41, 5.74) is 1.23. The molecule has 0 spiro atoms. The Balaban J connectivity index is 1.51. The number of aliphatic hydroxyl groups is 1. The van der Waals surface area contributed by atoms with E-state index in [1.54, 1.807) is 25.3 Å². The van der Waals surface area contributed by atoms with Crippen LogP contribution in [0, 0.1) is 0 Å². The van der Waals surface area contributed by atoms with E-state index in [0.717, 1.165) is 29.7 Å². The summed E-state index contributed by atoms with van der Waals surface area (Å²) in [4.78, 5) is 12.9. The SMILES string of the molecule is COc1ccc2c(c1)CCCC2(O)CNC(=O)c1ccccc1Oc1ccccc1. The van der Waals surface area contributed by atoms with Gasteiger partial charge >= 0.3 is 0 Å². The van der Waals surface area contributed by atoms with Crippen molar-refractivity contribution in [3.8, 4) is 17.2 Å². The second kappa shape index (κ2) is 8.59. The van der Waals surface area contributed by atoms with Gasteiger partial charge in [0.2, 0.25) is 0 Å². The fourth-order valence-electron chi connectivity index (χ4n) is 3.93. The van der Waals surface area contributed by atoms with Gasteiger partial charge in [-0.3, -0.25) is 4.79 Å². The molecule has 5 heteroatoms. The van der Waals surface area contributed by atoms with Crippen LogP contribution in [0.5, 0.6) is 17.2 Å². The van der Waals surface area contributed by atoms with E-state index >= 15 is 0 Å². The van der Waals surface area contributed by atoms with Crippen LogP contribution < -0.4 is 14.8 Å². The molecule has 1 aliphatic carbocycles. The van der Waals surface area contributed by atoms with E-state index in [4.69, 9.17) is 9.47 Å².